The number of para-hydroxylation sites is 1. The Morgan fingerprint density at radius 2 is 2.31 bits per heavy atom. The third kappa shape index (κ3) is 3.01. The average Bonchev–Trinajstić information content (AvgIpc) is 2.30. The summed E-state index contributed by atoms with van der Waals surface area (Å²) in [5.41, 5.74) is 9.16. The van der Waals surface area contributed by atoms with Gasteiger partial charge in [0.1, 0.15) is 0 Å². The van der Waals surface area contributed by atoms with Gasteiger partial charge in [0, 0.05) is 29.1 Å². The second-order valence-corrected chi connectivity index (χ2v) is 6.55. The van der Waals surface area contributed by atoms with E-state index in [0.29, 0.717) is 0 Å². The third-order valence-corrected chi connectivity index (χ3v) is 5.54. The lowest BCUT2D eigenvalue weighted by atomic mass is 10.1. The Hall–Kier alpha value is -0.480. The molecule has 1 aliphatic heterocycles. The van der Waals surface area contributed by atoms with Gasteiger partial charge in [-0.1, -0.05) is 12.1 Å². The van der Waals surface area contributed by atoms with Crippen LogP contribution in [0.4, 0.5) is 11.4 Å². The molecular formula is C12H18N2S2. The third-order valence-electron chi connectivity index (χ3n) is 2.70. The summed E-state index contributed by atoms with van der Waals surface area (Å²) >= 11 is 4.12. The molecule has 1 fully saturated rings. The maximum Gasteiger partial charge on any atom is 0.0603 e. The van der Waals surface area contributed by atoms with E-state index in [2.05, 4.69) is 41.8 Å². The van der Waals surface area contributed by atoms with Crippen molar-refractivity contribution in [1.82, 2.24) is 0 Å². The molecule has 0 bridgehead atoms. The summed E-state index contributed by atoms with van der Waals surface area (Å²) in [5, 5.41) is 4.21. The smallest absolute Gasteiger partial charge is 0.0603 e. The Balaban J connectivity index is 1.93. The number of hydrogen-bond donors (Lipinski definition) is 2. The van der Waals surface area contributed by atoms with E-state index in [1.165, 1.54) is 22.8 Å². The van der Waals surface area contributed by atoms with E-state index in [9.17, 15) is 0 Å². The van der Waals surface area contributed by atoms with Gasteiger partial charge in [-0.2, -0.15) is 23.5 Å². The highest BCUT2D eigenvalue weighted by atomic mass is 32.2. The second kappa shape index (κ2) is 5.73. The SMILES string of the molecule is Cc1cccc(N)c1NCC1CSCCS1. The van der Waals surface area contributed by atoms with Gasteiger partial charge < -0.3 is 11.1 Å². The van der Waals surface area contributed by atoms with Crippen molar-refractivity contribution in [2.24, 2.45) is 0 Å². The van der Waals surface area contributed by atoms with Gasteiger partial charge in [0.05, 0.1) is 11.4 Å². The van der Waals surface area contributed by atoms with Crippen LogP contribution in [0, 0.1) is 6.92 Å². The zero-order valence-corrected chi connectivity index (χ0v) is 11.2. The van der Waals surface area contributed by atoms with E-state index in [4.69, 9.17) is 5.73 Å². The first-order chi connectivity index (χ1) is 7.77. The van der Waals surface area contributed by atoms with Crippen LogP contribution in [-0.4, -0.2) is 29.1 Å². The first-order valence-electron chi connectivity index (χ1n) is 5.55. The Bertz CT molecular complexity index is 329. The molecule has 2 rings (SSSR count). The molecule has 0 radical (unpaired) electrons. The lowest BCUT2D eigenvalue weighted by molar-refractivity contribution is 1.00. The highest BCUT2D eigenvalue weighted by Gasteiger charge is 2.14. The van der Waals surface area contributed by atoms with Gasteiger partial charge in [-0.15, -0.1) is 0 Å². The van der Waals surface area contributed by atoms with Gasteiger partial charge >= 0.3 is 0 Å². The molecule has 88 valence electrons. The minimum absolute atomic E-state index is 0.720. The maximum absolute atomic E-state index is 5.96. The van der Waals surface area contributed by atoms with Gasteiger partial charge in [-0.25, -0.2) is 0 Å². The zero-order valence-electron chi connectivity index (χ0n) is 9.53. The van der Waals surface area contributed by atoms with Crippen molar-refractivity contribution >= 4 is 34.9 Å². The molecule has 0 spiro atoms. The number of nitrogens with two attached hydrogens (primary N) is 1. The molecule has 3 N–H and O–H groups in total. The molecule has 1 aliphatic rings. The number of hydrogen-bond acceptors (Lipinski definition) is 4. The number of rotatable bonds is 3. The van der Waals surface area contributed by atoms with E-state index < -0.39 is 0 Å². The van der Waals surface area contributed by atoms with Crippen LogP contribution in [0.2, 0.25) is 0 Å². The molecule has 1 aromatic rings. The number of anilines is 2. The van der Waals surface area contributed by atoms with Gasteiger partial charge in [-0.3, -0.25) is 0 Å². The fourth-order valence-electron chi connectivity index (χ4n) is 1.80. The second-order valence-electron chi connectivity index (χ2n) is 3.99. The van der Waals surface area contributed by atoms with Crippen molar-refractivity contribution in [2.45, 2.75) is 12.2 Å². The van der Waals surface area contributed by atoms with Crippen LogP contribution in [0.25, 0.3) is 0 Å². The predicted octanol–water partition coefficient (Wildman–Crippen LogP) is 2.84. The summed E-state index contributed by atoms with van der Waals surface area (Å²) in [4.78, 5) is 0. The molecule has 1 aromatic carbocycles. The standard InChI is InChI=1S/C12H18N2S2/c1-9-3-2-4-11(13)12(9)14-7-10-8-15-5-6-16-10/h2-4,10,14H,5-8,13H2,1H3. The molecule has 1 unspecified atom stereocenters. The van der Waals surface area contributed by atoms with Crippen molar-refractivity contribution in [3.63, 3.8) is 0 Å². The van der Waals surface area contributed by atoms with Gasteiger partial charge in [0.15, 0.2) is 0 Å². The number of nitrogen functional groups attached to an aromatic ring is 1. The first kappa shape index (κ1) is 12.0. The van der Waals surface area contributed by atoms with Crippen LogP contribution >= 0.6 is 23.5 Å². The molecular weight excluding hydrogens is 236 g/mol. The predicted molar refractivity (Wildman–Crippen MR) is 77.7 cm³/mol. The normalized spacial score (nSPS) is 20.7. The zero-order chi connectivity index (χ0) is 11.4. The molecule has 1 heterocycles. The largest absolute Gasteiger partial charge is 0.397 e. The summed E-state index contributed by atoms with van der Waals surface area (Å²) in [7, 11) is 0. The van der Waals surface area contributed by atoms with Crippen molar-refractivity contribution < 1.29 is 0 Å². The first-order valence-corrected chi connectivity index (χ1v) is 7.76. The van der Waals surface area contributed by atoms with Crippen molar-refractivity contribution in [1.29, 1.82) is 0 Å². The Morgan fingerprint density at radius 3 is 3.00 bits per heavy atom. The molecule has 2 nitrogen and oxygen atoms in total. The lowest BCUT2D eigenvalue weighted by Crippen LogP contribution is -2.23. The lowest BCUT2D eigenvalue weighted by Gasteiger charge is -2.22. The highest BCUT2D eigenvalue weighted by molar-refractivity contribution is 8.06. The minimum atomic E-state index is 0.720. The van der Waals surface area contributed by atoms with Crippen molar-refractivity contribution in [3.8, 4) is 0 Å². The van der Waals surface area contributed by atoms with Crippen molar-refractivity contribution in [3.05, 3.63) is 23.8 Å². The van der Waals surface area contributed by atoms with Crippen LogP contribution in [0.3, 0.4) is 0 Å². The van der Waals surface area contributed by atoms with E-state index in [1.54, 1.807) is 0 Å². The Labute approximate surface area is 106 Å². The van der Waals surface area contributed by atoms with Crippen molar-refractivity contribution in [2.75, 3.05) is 34.9 Å². The molecule has 0 saturated carbocycles. The van der Waals surface area contributed by atoms with E-state index in [1.807, 2.05) is 12.1 Å². The van der Waals surface area contributed by atoms with Gasteiger partial charge in [0.2, 0.25) is 0 Å². The minimum Gasteiger partial charge on any atom is -0.397 e. The molecule has 0 amide bonds. The van der Waals surface area contributed by atoms with Gasteiger partial charge in [0.25, 0.3) is 0 Å². The van der Waals surface area contributed by atoms with Crippen LogP contribution < -0.4 is 11.1 Å². The van der Waals surface area contributed by atoms with Crippen LogP contribution in [0.1, 0.15) is 5.56 Å². The summed E-state index contributed by atoms with van der Waals surface area (Å²) < 4.78 is 0. The number of nitrogens with one attached hydrogen (secondary N) is 1. The Kier molecular flexibility index (Phi) is 4.29. The van der Waals surface area contributed by atoms with E-state index in [0.717, 1.165) is 23.2 Å². The van der Waals surface area contributed by atoms with Crippen LogP contribution in [0.15, 0.2) is 18.2 Å². The fourth-order valence-corrected chi connectivity index (χ4v) is 4.41. The molecule has 0 aliphatic carbocycles. The molecule has 4 heteroatoms. The summed E-state index contributed by atoms with van der Waals surface area (Å²) in [6.07, 6.45) is 0. The summed E-state index contributed by atoms with van der Waals surface area (Å²) in [6.45, 7) is 3.12. The molecule has 0 aromatic heterocycles. The maximum atomic E-state index is 5.96. The molecule has 16 heavy (non-hydrogen) atoms. The molecule has 1 atom stereocenters. The number of aryl methyl sites for hydroxylation is 1. The highest BCUT2D eigenvalue weighted by Crippen LogP contribution is 2.26. The summed E-state index contributed by atoms with van der Waals surface area (Å²) in [6, 6.07) is 6.06. The summed E-state index contributed by atoms with van der Waals surface area (Å²) in [5.74, 6) is 3.83. The van der Waals surface area contributed by atoms with Gasteiger partial charge in [-0.05, 0) is 18.6 Å². The number of thioether (sulfide) groups is 2. The fraction of sp³-hybridized carbons (Fsp3) is 0.500. The average molecular weight is 254 g/mol. The van der Waals surface area contributed by atoms with Crippen LogP contribution in [0.5, 0.6) is 0 Å². The van der Waals surface area contributed by atoms with E-state index in [-0.39, 0.29) is 0 Å². The Morgan fingerprint density at radius 1 is 1.44 bits per heavy atom. The quantitative estimate of drug-likeness (QED) is 0.814. The van der Waals surface area contributed by atoms with Crippen LogP contribution in [-0.2, 0) is 0 Å². The number of benzene rings is 1. The monoisotopic (exact) mass is 254 g/mol. The molecule has 1 saturated heterocycles. The van der Waals surface area contributed by atoms with E-state index >= 15 is 0 Å². The topological polar surface area (TPSA) is 38.0 Å².